The first-order valence-electron chi connectivity index (χ1n) is 5.85. The molecular weight excluding hydrogens is 276 g/mol. The van der Waals surface area contributed by atoms with Gasteiger partial charge in [0, 0.05) is 12.1 Å². The maximum atomic E-state index is 4.64. The second kappa shape index (κ2) is 4.65. The van der Waals surface area contributed by atoms with Crippen molar-refractivity contribution in [1.29, 1.82) is 0 Å². The van der Waals surface area contributed by atoms with Gasteiger partial charge in [-0.2, -0.15) is 5.10 Å². The molecule has 0 unspecified atom stereocenters. The van der Waals surface area contributed by atoms with Gasteiger partial charge in [0.2, 0.25) is 0 Å². The Morgan fingerprint density at radius 1 is 1.18 bits per heavy atom. The molecule has 3 heteroatoms. The predicted molar refractivity (Wildman–Crippen MR) is 75.2 cm³/mol. The summed E-state index contributed by atoms with van der Waals surface area (Å²) < 4.78 is 3.12. The van der Waals surface area contributed by atoms with Crippen LogP contribution in [0, 0.1) is 20.8 Å². The van der Waals surface area contributed by atoms with Gasteiger partial charge in [0.05, 0.1) is 10.2 Å². The average Bonchev–Trinajstić information content (AvgIpc) is 2.60. The number of hydrogen-bond donors (Lipinski definition) is 0. The Morgan fingerprint density at radius 3 is 2.41 bits per heavy atom. The second-order valence-corrected chi connectivity index (χ2v) is 5.16. The zero-order valence-electron chi connectivity index (χ0n) is 10.7. The number of nitrogens with zero attached hydrogens (tertiary/aromatic N) is 2. The van der Waals surface area contributed by atoms with Crippen molar-refractivity contribution in [3.63, 3.8) is 0 Å². The average molecular weight is 293 g/mol. The summed E-state index contributed by atoms with van der Waals surface area (Å²) in [7, 11) is 0. The van der Waals surface area contributed by atoms with E-state index in [2.05, 4.69) is 66.9 Å². The highest BCUT2D eigenvalue weighted by Gasteiger charge is 2.13. The van der Waals surface area contributed by atoms with E-state index in [-0.39, 0.29) is 0 Å². The number of aromatic nitrogens is 2. The van der Waals surface area contributed by atoms with Crippen molar-refractivity contribution in [3.05, 3.63) is 39.5 Å². The van der Waals surface area contributed by atoms with Crippen LogP contribution in [0.25, 0.3) is 11.3 Å². The third-order valence-corrected chi connectivity index (χ3v) is 4.16. The Morgan fingerprint density at radius 2 is 1.88 bits per heavy atom. The minimum atomic E-state index is 0.898. The molecule has 0 saturated heterocycles. The molecular formula is C14H17BrN2. The van der Waals surface area contributed by atoms with Crippen molar-refractivity contribution in [2.45, 2.75) is 34.2 Å². The van der Waals surface area contributed by atoms with Gasteiger partial charge in [-0.05, 0) is 60.8 Å². The number of halogens is 1. The monoisotopic (exact) mass is 292 g/mol. The third-order valence-electron chi connectivity index (χ3n) is 3.21. The molecule has 1 heterocycles. The summed E-state index contributed by atoms with van der Waals surface area (Å²) in [6.45, 7) is 9.36. The zero-order chi connectivity index (χ0) is 12.6. The lowest BCUT2D eigenvalue weighted by molar-refractivity contribution is 0.641. The van der Waals surface area contributed by atoms with Crippen LogP contribution in [0.2, 0.25) is 0 Å². The molecule has 17 heavy (non-hydrogen) atoms. The molecule has 0 radical (unpaired) electrons. The van der Waals surface area contributed by atoms with Gasteiger partial charge in [-0.25, -0.2) is 0 Å². The quantitative estimate of drug-likeness (QED) is 0.809. The molecule has 2 aromatic rings. The Labute approximate surface area is 111 Å². The molecule has 1 aromatic carbocycles. The molecule has 2 rings (SSSR count). The molecule has 0 aliphatic heterocycles. The van der Waals surface area contributed by atoms with Crippen molar-refractivity contribution in [2.24, 2.45) is 0 Å². The van der Waals surface area contributed by atoms with Gasteiger partial charge < -0.3 is 0 Å². The van der Waals surface area contributed by atoms with E-state index in [9.17, 15) is 0 Å². The molecule has 0 aliphatic rings. The molecule has 0 aliphatic carbocycles. The molecule has 2 nitrogen and oxygen atoms in total. The van der Waals surface area contributed by atoms with E-state index in [0.717, 1.165) is 16.7 Å². The maximum Gasteiger partial charge on any atom is 0.107 e. The minimum Gasteiger partial charge on any atom is -0.268 e. The van der Waals surface area contributed by atoms with Crippen molar-refractivity contribution in [1.82, 2.24) is 9.78 Å². The lowest BCUT2D eigenvalue weighted by Gasteiger charge is -2.03. The Bertz CT molecular complexity index is 556. The third kappa shape index (κ3) is 2.16. The first-order chi connectivity index (χ1) is 8.04. The summed E-state index contributed by atoms with van der Waals surface area (Å²) in [5.41, 5.74) is 6.01. The predicted octanol–water partition coefficient (Wildman–Crippen LogP) is 4.26. The van der Waals surface area contributed by atoms with E-state index in [1.54, 1.807) is 0 Å². The van der Waals surface area contributed by atoms with Crippen LogP contribution < -0.4 is 0 Å². The highest BCUT2D eigenvalue weighted by molar-refractivity contribution is 9.10. The fourth-order valence-electron chi connectivity index (χ4n) is 1.91. The summed E-state index contributed by atoms with van der Waals surface area (Å²) in [6.07, 6.45) is 0. The SMILES string of the molecule is CCn1nc(-c2ccc(C)c(C)c2)c(Br)c1C. The van der Waals surface area contributed by atoms with Gasteiger partial charge in [-0.15, -0.1) is 0 Å². The van der Waals surface area contributed by atoms with E-state index in [4.69, 9.17) is 0 Å². The summed E-state index contributed by atoms with van der Waals surface area (Å²) in [5.74, 6) is 0. The number of aryl methyl sites for hydroxylation is 3. The zero-order valence-corrected chi connectivity index (χ0v) is 12.3. The van der Waals surface area contributed by atoms with Gasteiger partial charge in [0.25, 0.3) is 0 Å². The molecule has 0 N–H and O–H groups in total. The summed E-state index contributed by atoms with van der Waals surface area (Å²) >= 11 is 3.64. The van der Waals surface area contributed by atoms with Crippen LogP contribution in [0.1, 0.15) is 23.7 Å². The van der Waals surface area contributed by atoms with Gasteiger partial charge >= 0.3 is 0 Å². The summed E-state index contributed by atoms with van der Waals surface area (Å²) in [5, 5.41) is 4.64. The van der Waals surface area contributed by atoms with Crippen molar-refractivity contribution >= 4 is 15.9 Å². The van der Waals surface area contributed by atoms with E-state index in [1.807, 2.05) is 4.68 Å². The van der Waals surface area contributed by atoms with Crippen molar-refractivity contribution in [3.8, 4) is 11.3 Å². The van der Waals surface area contributed by atoms with Crippen LogP contribution in [0.5, 0.6) is 0 Å². The smallest absolute Gasteiger partial charge is 0.107 e. The van der Waals surface area contributed by atoms with Crippen LogP contribution in [-0.2, 0) is 6.54 Å². The van der Waals surface area contributed by atoms with Crippen LogP contribution in [-0.4, -0.2) is 9.78 Å². The fraction of sp³-hybridized carbons (Fsp3) is 0.357. The highest BCUT2D eigenvalue weighted by atomic mass is 79.9. The van der Waals surface area contributed by atoms with Gasteiger partial charge in [0.1, 0.15) is 5.69 Å². The minimum absolute atomic E-state index is 0.898. The molecule has 0 fully saturated rings. The summed E-state index contributed by atoms with van der Waals surface area (Å²) in [6, 6.07) is 6.48. The first kappa shape index (κ1) is 12.4. The molecule has 90 valence electrons. The Kier molecular flexibility index (Phi) is 3.38. The van der Waals surface area contributed by atoms with E-state index in [1.165, 1.54) is 22.4 Å². The van der Waals surface area contributed by atoms with Crippen LogP contribution in [0.4, 0.5) is 0 Å². The standard InChI is InChI=1S/C14H17BrN2/c1-5-17-11(4)13(15)14(16-17)12-7-6-9(2)10(3)8-12/h6-8H,5H2,1-4H3. The van der Waals surface area contributed by atoms with Gasteiger partial charge in [-0.1, -0.05) is 12.1 Å². The Hall–Kier alpha value is -1.09. The molecule has 0 amide bonds. The Balaban J connectivity index is 2.56. The number of rotatable bonds is 2. The fourth-order valence-corrected chi connectivity index (χ4v) is 2.42. The largest absolute Gasteiger partial charge is 0.268 e. The lowest BCUT2D eigenvalue weighted by Crippen LogP contribution is -1.98. The molecule has 1 aromatic heterocycles. The molecule has 0 bridgehead atoms. The number of hydrogen-bond acceptors (Lipinski definition) is 1. The maximum absolute atomic E-state index is 4.64. The van der Waals surface area contributed by atoms with E-state index in [0.29, 0.717) is 0 Å². The topological polar surface area (TPSA) is 17.8 Å². The normalized spacial score (nSPS) is 10.9. The van der Waals surface area contributed by atoms with Gasteiger partial charge in [0.15, 0.2) is 0 Å². The van der Waals surface area contributed by atoms with E-state index >= 15 is 0 Å². The lowest BCUT2D eigenvalue weighted by atomic mass is 10.0. The van der Waals surface area contributed by atoms with Gasteiger partial charge in [-0.3, -0.25) is 4.68 Å². The van der Waals surface area contributed by atoms with E-state index < -0.39 is 0 Å². The van der Waals surface area contributed by atoms with Crippen molar-refractivity contribution in [2.75, 3.05) is 0 Å². The molecule has 0 spiro atoms. The van der Waals surface area contributed by atoms with Crippen LogP contribution >= 0.6 is 15.9 Å². The molecule has 0 atom stereocenters. The summed E-state index contributed by atoms with van der Waals surface area (Å²) in [4.78, 5) is 0. The highest BCUT2D eigenvalue weighted by Crippen LogP contribution is 2.30. The first-order valence-corrected chi connectivity index (χ1v) is 6.64. The van der Waals surface area contributed by atoms with Crippen LogP contribution in [0.15, 0.2) is 22.7 Å². The van der Waals surface area contributed by atoms with Crippen molar-refractivity contribution < 1.29 is 0 Å². The number of benzene rings is 1. The molecule has 0 saturated carbocycles. The van der Waals surface area contributed by atoms with Crippen LogP contribution in [0.3, 0.4) is 0 Å². The second-order valence-electron chi connectivity index (χ2n) is 4.36.